The van der Waals surface area contributed by atoms with Gasteiger partial charge in [0.05, 0.1) is 4.90 Å². The smallest absolute Gasteiger partial charge is 0.220 e. The van der Waals surface area contributed by atoms with E-state index in [-0.39, 0.29) is 11.3 Å². The molecule has 1 aromatic heterocycles. The maximum absolute atomic E-state index is 12.4. The fourth-order valence-corrected chi connectivity index (χ4v) is 4.99. The van der Waals surface area contributed by atoms with Crippen molar-refractivity contribution >= 4 is 27.1 Å². The Labute approximate surface area is 164 Å². The number of thiophene rings is 1. The Bertz CT molecular complexity index is 852. The summed E-state index contributed by atoms with van der Waals surface area (Å²) in [5, 5.41) is 5.18. The van der Waals surface area contributed by atoms with Gasteiger partial charge in [-0.2, -0.15) is 0 Å². The Morgan fingerprint density at radius 1 is 1.19 bits per heavy atom. The normalized spacial score (nSPS) is 16.8. The van der Waals surface area contributed by atoms with Gasteiger partial charge in [0.2, 0.25) is 5.91 Å². The molecule has 1 aromatic carbocycles. The molecule has 0 saturated carbocycles. The number of hydrogen-bond acceptors (Lipinski definition) is 5. The van der Waals surface area contributed by atoms with Crippen LogP contribution in [-0.2, 0) is 31.2 Å². The highest BCUT2D eigenvalue weighted by Crippen LogP contribution is 2.37. The van der Waals surface area contributed by atoms with E-state index in [2.05, 4.69) is 22.8 Å². The van der Waals surface area contributed by atoms with Gasteiger partial charge in [0.1, 0.15) is 0 Å². The summed E-state index contributed by atoms with van der Waals surface area (Å²) in [4.78, 5) is 14.0. The number of benzene rings is 1. The first-order valence-electron chi connectivity index (χ1n) is 9.07. The summed E-state index contributed by atoms with van der Waals surface area (Å²) in [5.41, 5.74) is 0.927. The van der Waals surface area contributed by atoms with E-state index in [1.807, 2.05) is 0 Å². The largest absolute Gasteiger partial charge is 0.381 e. The van der Waals surface area contributed by atoms with E-state index in [1.165, 1.54) is 11.1 Å². The first-order valence-corrected chi connectivity index (χ1v) is 11.8. The van der Waals surface area contributed by atoms with Gasteiger partial charge in [0.25, 0.3) is 0 Å². The van der Waals surface area contributed by atoms with Crippen molar-refractivity contribution in [2.45, 2.75) is 36.0 Å². The molecule has 0 unspecified atom stereocenters. The summed E-state index contributed by atoms with van der Waals surface area (Å²) in [6, 6.07) is 10.9. The first kappa shape index (κ1) is 20.0. The molecule has 146 valence electrons. The number of rotatable bonds is 7. The number of amides is 1. The molecule has 7 heteroatoms. The molecule has 2 aromatic rings. The van der Waals surface area contributed by atoms with Crippen molar-refractivity contribution in [3.63, 3.8) is 0 Å². The van der Waals surface area contributed by atoms with E-state index in [0.717, 1.165) is 31.6 Å². The third-order valence-electron chi connectivity index (χ3n) is 5.11. The molecule has 27 heavy (non-hydrogen) atoms. The summed E-state index contributed by atoms with van der Waals surface area (Å²) in [6.07, 6.45) is 4.00. The molecule has 1 N–H and O–H groups in total. The highest BCUT2D eigenvalue weighted by molar-refractivity contribution is 7.90. The summed E-state index contributed by atoms with van der Waals surface area (Å²) < 4.78 is 28.5. The zero-order valence-electron chi connectivity index (χ0n) is 15.4. The molecular weight excluding hydrogens is 382 g/mol. The lowest BCUT2D eigenvalue weighted by Crippen LogP contribution is -2.44. The topological polar surface area (TPSA) is 72.5 Å². The number of carbonyl (C=O) groups is 1. The van der Waals surface area contributed by atoms with Crippen molar-refractivity contribution < 1.29 is 17.9 Å². The Balaban J connectivity index is 1.54. The predicted molar refractivity (Wildman–Crippen MR) is 107 cm³/mol. The van der Waals surface area contributed by atoms with E-state index >= 15 is 0 Å². The van der Waals surface area contributed by atoms with E-state index in [1.54, 1.807) is 35.6 Å². The number of carbonyl (C=O) groups excluding carboxylic acids is 1. The highest BCUT2D eigenvalue weighted by atomic mass is 32.2. The van der Waals surface area contributed by atoms with Gasteiger partial charge in [0, 0.05) is 42.7 Å². The molecule has 0 radical (unpaired) electrons. The van der Waals surface area contributed by atoms with Crippen molar-refractivity contribution in [2.75, 3.05) is 26.0 Å². The second-order valence-corrected chi connectivity index (χ2v) is 10.0. The van der Waals surface area contributed by atoms with E-state index in [4.69, 9.17) is 4.74 Å². The fraction of sp³-hybridized carbons (Fsp3) is 0.450. The van der Waals surface area contributed by atoms with Crippen LogP contribution in [0.2, 0.25) is 0 Å². The minimum atomic E-state index is -3.19. The Hall–Kier alpha value is -1.70. The third-order valence-corrected chi connectivity index (χ3v) is 7.35. The minimum Gasteiger partial charge on any atom is -0.381 e. The molecule has 0 atom stereocenters. The molecule has 1 saturated heterocycles. The molecule has 1 aliphatic heterocycles. The molecule has 1 fully saturated rings. The van der Waals surface area contributed by atoms with Crippen LogP contribution in [0.3, 0.4) is 0 Å². The molecule has 2 heterocycles. The van der Waals surface area contributed by atoms with Crippen LogP contribution in [0, 0.1) is 0 Å². The standard InChI is InChI=1S/C20H25NO4S2/c1-27(23,24)17-7-4-16(5-8-17)6-9-19(22)21-15-20(10-12-25-13-11-20)18-3-2-14-26-18/h2-5,7-8,14H,6,9-13,15H2,1H3,(H,21,22). The molecule has 0 bridgehead atoms. The van der Waals surface area contributed by atoms with Crippen molar-refractivity contribution in [1.82, 2.24) is 5.32 Å². The Morgan fingerprint density at radius 3 is 2.48 bits per heavy atom. The summed E-state index contributed by atoms with van der Waals surface area (Å²) in [7, 11) is -3.19. The van der Waals surface area contributed by atoms with Crippen LogP contribution in [0.5, 0.6) is 0 Å². The number of nitrogens with one attached hydrogen (secondary N) is 1. The van der Waals surface area contributed by atoms with E-state index < -0.39 is 9.84 Å². The monoisotopic (exact) mass is 407 g/mol. The summed E-state index contributed by atoms with van der Waals surface area (Å²) in [5.74, 6) is 0.0182. The molecule has 1 amide bonds. The maximum Gasteiger partial charge on any atom is 0.220 e. The average molecular weight is 408 g/mol. The van der Waals surface area contributed by atoms with Gasteiger partial charge in [-0.1, -0.05) is 18.2 Å². The van der Waals surface area contributed by atoms with Gasteiger partial charge in [-0.25, -0.2) is 8.42 Å². The maximum atomic E-state index is 12.4. The number of sulfone groups is 1. The Kier molecular flexibility index (Phi) is 6.34. The summed E-state index contributed by atoms with van der Waals surface area (Å²) in [6.45, 7) is 2.07. The van der Waals surface area contributed by atoms with Crippen molar-refractivity contribution in [3.8, 4) is 0 Å². The Morgan fingerprint density at radius 2 is 1.89 bits per heavy atom. The lowest BCUT2D eigenvalue weighted by atomic mass is 9.78. The van der Waals surface area contributed by atoms with Gasteiger partial charge in [-0.15, -0.1) is 11.3 Å². The molecule has 0 aliphatic carbocycles. The van der Waals surface area contributed by atoms with E-state index in [0.29, 0.717) is 24.3 Å². The fourth-order valence-electron chi connectivity index (χ4n) is 3.37. The highest BCUT2D eigenvalue weighted by Gasteiger charge is 2.35. The minimum absolute atomic E-state index is 0.0182. The van der Waals surface area contributed by atoms with E-state index in [9.17, 15) is 13.2 Å². The SMILES string of the molecule is CS(=O)(=O)c1ccc(CCC(=O)NCC2(c3cccs3)CCOCC2)cc1. The van der Waals surface area contributed by atoms with Crippen LogP contribution in [0.1, 0.15) is 29.7 Å². The van der Waals surface area contributed by atoms with Crippen LogP contribution in [0.15, 0.2) is 46.7 Å². The second kappa shape index (κ2) is 8.54. The number of hydrogen-bond donors (Lipinski definition) is 1. The van der Waals surface area contributed by atoms with Crippen molar-refractivity contribution in [1.29, 1.82) is 0 Å². The summed E-state index contributed by atoms with van der Waals surface area (Å²) >= 11 is 1.74. The van der Waals surface area contributed by atoms with Gasteiger partial charge < -0.3 is 10.1 Å². The average Bonchev–Trinajstić information content (AvgIpc) is 3.21. The number of ether oxygens (including phenoxy) is 1. The quantitative estimate of drug-likeness (QED) is 0.766. The molecule has 1 aliphatic rings. The lowest BCUT2D eigenvalue weighted by Gasteiger charge is -2.36. The van der Waals surface area contributed by atoms with Crippen molar-refractivity contribution in [3.05, 3.63) is 52.2 Å². The van der Waals surface area contributed by atoms with Crippen LogP contribution >= 0.6 is 11.3 Å². The molecule has 3 rings (SSSR count). The van der Waals surface area contributed by atoms with Gasteiger partial charge in [-0.05, 0) is 48.4 Å². The van der Waals surface area contributed by atoms with Gasteiger partial charge in [-0.3, -0.25) is 4.79 Å². The van der Waals surface area contributed by atoms with Gasteiger partial charge in [0.15, 0.2) is 9.84 Å². The second-order valence-electron chi connectivity index (χ2n) is 7.06. The molecular formula is C20H25NO4S2. The number of aryl methyl sites for hydroxylation is 1. The van der Waals surface area contributed by atoms with Gasteiger partial charge >= 0.3 is 0 Å². The molecule has 5 nitrogen and oxygen atoms in total. The predicted octanol–water partition coefficient (Wildman–Crippen LogP) is 2.95. The van der Waals surface area contributed by atoms with Crippen molar-refractivity contribution in [2.24, 2.45) is 0 Å². The third kappa shape index (κ3) is 5.18. The van der Waals surface area contributed by atoms with Crippen LogP contribution in [0.25, 0.3) is 0 Å². The lowest BCUT2D eigenvalue weighted by molar-refractivity contribution is -0.121. The van der Waals surface area contributed by atoms with Crippen LogP contribution in [0.4, 0.5) is 0 Å². The van der Waals surface area contributed by atoms with Crippen LogP contribution in [-0.4, -0.2) is 40.3 Å². The van der Waals surface area contributed by atoms with Crippen LogP contribution < -0.4 is 5.32 Å². The first-order chi connectivity index (χ1) is 12.9. The zero-order chi connectivity index (χ0) is 19.3. The molecule has 0 spiro atoms. The zero-order valence-corrected chi connectivity index (χ0v) is 17.1.